The molecular weight excluding hydrogens is 415 g/mol. The summed E-state index contributed by atoms with van der Waals surface area (Å²) >= 11 is 12.4. The van der Waals surface area contributed by atoms with Gasteiger partial charge in [-0.2, -0.15) is 0 Å². The van der Waals surface area contributed by atoms with Crippen molar-refractivity contribution in [2.24, 2.45) is 0 Å². The van der Waals surface area contributed by atoms with Crippen LogP contribution in [-0.4, -0.2) is 14.7 Å². The fourth-order valence-corrected chi connectivity index (χ4v) is 3.80. The van der Waals surface area contributed by atoms with Crippen molar-refractivity contribution >= 4 is 35.4 Å². The highest BCUT2D eigenvalue weighted by atomic mass is 35.5. The summed E-state index contributed by atoms with van der Waals surface area (Å²) < 4.78 is 2.08. The number of rotatable bonds is 5. The van der Waals surface area contributed by atoms with Crippen LogP contribution in [0.2, 0.25) is 10.0 Å². The highest BCUT2D eigenvalue weighted by Crippen LogP contribution is 2.30. The van der Waals surface area contributed by atoms with Crippen LogP contribution in [0.5, 0.6) is 5.75 Å². The van der Waals surface area contributed by atoms with Crippen molar-refractivity contribution in [2.75, 3.05) is 0 Å². The van der Waals surface area contributed by atoms with Crippen molar-refractivity contribution in [3.05, 3.63) is 94.4 Å². The summed E-state index contributed by atoms with van der Waals surface area (Å²) in [6.07, 6.45) is 6.06. The first-order valence-electron chi connectivity index (χ1n) is 9.63. The SMILES string of the molecule is CCn1cc(-c2ccc(Cl)cc2Cl)nc1C=Cc1cccc(-c2ccc(O)cc2)c1. The molecule has 4 aromatic rings. The molecule has 30 heavy (non-hydrogen) atoms. The number of hydrogen-bond acceptors (Lipinski definition) is 2. The number of aromatic nitrogens is 2. The minimum Gasteiger partial charge on any atom is -0.508 e. The molecule has 0 atom stereocenters. The van der Waals surface area contributed by atoms with Crippen molar-refractivity contribution in [3.63, 3.8) is 0 Å². The molecule has 4 rings (SSSR count). The van der Waals surface area contributed by atoms with E-state index in [1.54, 1.807) is 18.2 Å². The van der Waals surface area contributed by atoms with Gasteiger partial charge in [0.2, 0.25) is 0 Å². The summed E-state index contributed by atoms with van der Waals surface area (Å²) in [4.78, 5) is 4.77. The number of aromatic hydroxyl groups is 1. The Labute approximate surface area is 185 Å². The number of nitrogens with zero attached hydrogens (tertiary/aromatic N) is 2. The molecule has 0 radical (unpaired) electrons. The number of imidazole rings is 1. The monoisotopic (exact) mass is 434 g/mol. The molecule has 150 valence electrons. The predicted octanol–water partition coefficient (Wildman–Crippen LogP) is 7.42. The highest BCUT2D eigenvalue weighted by Gasteiger charge is 2.10. The average Bonchev–Trinajstić information content (AvgIpc) is 3.16. The summed E-state index contributed by atoms with van der Waals surface area (Å²) in [6.45, 7) is 2.88. The zero-order valence-corrected chi connectivity index (χ0v) is 17.9. The quantitative estimate of drug-likeness (QED) is 0.354. The lowest BCUT2D eigenvalue weighted by Crippen LogP contribution is -1.94. The van der Waals surface area contributed by atoms with Crippen LogP contribution in [0, 0.1) is 0 Å². The standard InChI is InChI=1S/C25H20Cl2N2O/c1-2-29-16-24(22-12-9-20(26)15-23(22)27)28-25(29)13-6-17-4-3-5-19(14-17)18-7-10-21(30)11-8-18/h3-16,30H,2H2,1H3. The maximum Gasteiger partial charge on any atom is 0.133 e. The van der Waals surface area contributed by atoms with Gasteiger partial charge in [-0.25, -0.2) is 4.98 Å². The van der Waals surface area contributed by atoms with Gasteiger partial charge in [0.1, 0.15) is 11.6 Å². The molecular formula is C25H20Cl2N2O. The van der Waals surface area contributed by atoms with Gasteiger partial charge in [0.05, 0.1) is 10.7 Å². The lowest BCUT2D eigenvalue weighted by Gasteiger charge is -2.04. The lowest BCUT2D eigenvalue weighted by atomic mass is 10.0. The molecule has 1 heterocycles. The fourth-order valence-electron chi connectivity index (χ4n) is 3.29. The predicted molar refractivity (Wildman–Crippen MR) is 126 cm³/mol. The third-order valence-electron chi connectivity index (χ3n) is 4.87. The van der Waals surface area contributed by atoms with E-state index >= 15 is 0 Å². The Morgan fingerprint density at radius 3 is 2.47 bits per heavy atom. The molecule has 1 aromatic heterocycles. The normalized spacial score (nSPS) is 11.3. The summed E-state index contributed by atoms with van der Waals surface area (Å²) in [7, 11) is 0. The third-order valence-corrected chi connectivity index (χ3v) is 5.42. The third kappa shape index (κ3) is 4.43. The van der Waals surface area contributed by atoms with Gasteiger partial charge in [-0.15, -0.1) is 0 Å². The van der Waals surface area contributed by atoms with E-state index in [4.69, 9.17) is 28.2 Å². The maximum atomic E-state index is 9.50. The van der Waals surface area contributed by atoms with Gasteiger partial charge in [0.25, 0.3) is 0 Å². The molecule has 0 aliphatic rings. The summed E-state index contributed by atoms with van der Waals surface area (Å²) in [5.74, 6) is 1.12. The molecule has 3 aromatic carbocycles. The molecule has 0 fully saturated rings. The fraction of sp³-hybridized carbons (Fsp3) is 0.0800. The first-order chi connectivity index (χ1) is 14.5. The number of phenols is 1. The van der Waals surface area contributed by atoms with Gasteiger partial charge in [-0.1, -0.05) is 59.6 Å². The van der Waals surface area contributed by atoms with Crippen LogP contribution < -0.4 is 0 Å². The van der Waals surface area contributed by atoms with E-state index in [2.05, 4.69) is 29.7 Å². The molecule has 0 bridgehead atoms. The van der Waals surface area contributed by atoms with E-state index in [9.17, 15) is 5.11 Å². The molecule has 0 amide bonds. The Hall–Kier alpha value is -3.01. The smallest absolute Gasteiger partial charge is 0.133 e. The minimum absolute atomic E-state index is 0.262. The molecule has 5 heteroatoms. The molecule has 0 unspecified atom stereocenters. The van der Waals surface area contributed by atoms with Crippen LogP contribution >= 0.6 is 23.2 Å². The molecule has 3 nitrogen and oxygen atoms in total. The summed E-state index contributed by atoms with van der Waals surface area (Å²) in [6, 6.07) is 20.9. The average molecular weight is 435 g/mol. The zero-order chi connectivity index (χ0) is 21.1. The van der Waals surface area contributed by atoms with Gasteiger partial charge in [0, 0.05) is 23.3 Å². The second-order valence-electron chi connectivity index (χ2n) is 6.90. The van der Waals surface area contributed by atoms with Crippen molar-refractivity contribution in [3.8, 4) is 28.1 Å². The number of phenolic OH excluding ortho intramolecular Hbond substituents is 1. The number of halogens is 2. The maximum absolute atomic E-state index is 9.50. The van der Waals surface area contributed by atoms with Crippen LogP contribution in [0.1, 0.15) is 18.3 Å². The van der Waals surface area contributed by atoms with Gasteiger partial charge < -0.3 is 9.67 Å². The number of hydrogen-bond donors (Lipinski definition) is 1. The second-order valence-corrected chi connectivity index (χ2v) is 7.74. The van der Waals surface area contributed by atoms with E-state index in [-0.39, 0.29) is 5.75 Å². The molecule has 1 N–H and O–H groups in total. The van der Waals surface area contributed by atoms with Gasteiger partial charge in [0.15, 0.2) is 0 Å². The largest absolute Gasteiger partial charge is 0.508 e. The van der Waals surface area contributed by atoms with E-state index in [1.807, 2.05) is 48.7 Å². The van der Waals surface area contributed by atoms with E-state index in [0.29, 0.717) is 10.0 Å². The van der Waals surface area contributed by atoms with Crippen LogP contribution in [0.4, 0.5) is 0 Å². The Morgan fingerprint density at radius 1 is 0.933 bits per heavy atom. The molecule has 0 saturated heterocycles. The van der Waals surface area contributed by atoms with E-state index < -0.39 is 0 Å². The molecule has 0 spiro atoms. The van der Waals surface area contributed by atoms with Crippen LogP contribution in [-0.2, 0) is 6.54 Å². The molecule has 0 aliphatic carbocycles. The first kappa shape index (κ1) is 20.3. The summed E-state index contributed by atoms with van der Waals surface area (Å²) in [5, 5.41) is 10.7. The Kier molecular flexibility index (Phi) is 5.93. The van der Waals surface area contributed by atoms with E-state index in [0.717, 1.165) is 40.3 Å². The van der Waals surface area contributed by atoms with Crippen molar-refractivity contribution in [1.82, 2.24) is 9.55 Å². The number of benzene rings is 3. The van der Waals surface area contributed by atoms with Crippen LogP contribution in [0.25, 0.3) is 34.5 Å². The van der Waals surface area contributed by atoms with Crippen molar-refractivity contribution in [2.45, 2.75) is 13.5 Å². The van der Waals surface area contributed by atoms with Gasteiger partial charge in [-0.05, 0) is 66.1 Å². The Balaban J connectivity index is 1.63. The Morgan fingerprint density at radius 2 is 1.73 bits per heavy atom. The van der Waals surface area contributed by atoms with Crippen LogP contribution in [0.3, 0.4) is 0 Å². The highest BCUT2D eigenvalue weighted by molar-refractivity contribution is 6.36. The lowest BCUT2D eigenvalue weighted by molar-refractivity contribution is 0.475. The molecule has 0 aliphatic heterocycles. The number of aryl methyl sites for hydroxylation is 1. The zero-order valence-electron chi connectivity index (χ0n) is 16.4. The topological polar surface area (TPSA) is 38.0 Å². The van der Waals surface area contributed by atoms with Gasteiger partial charge >= 0.3 is 0 Å². The van der Waals surface area contributed by atoms with Crippen molar-refractivity contribution in [1.29, 1.82) is 0 Å². The van der Waals surface area contributed by atoms with Crippen molar-refractivity contribution < 1.29 is 5.11 Å². The summed E-state index contributed by atoms with van der Waals surface area (Å²) in [5.41, 5.74) is 4.88. The first-order valence-corrected chi connectivity index (χ1v) is 10.4. The second kappa shape index (κ2) is 8.78. The van der Waals surface area contributed by atoms with Gasteiger partial charge in [-0.3, -0.25) is 0 Å². The minimum atomic E-state index is 0.262. The van der Waals surface area contributed by atoms with E-state index in [1.165, 1.54) is 0 Å². The molecule has 0 saturated carbocycles. The van der Waals surface area contributed by atoms with Crippen LogP contribution in [0.15, 0.2) is 72.9 Å². The Bertz CT molecular complexity index is 1210.